The van der Waals surface area contributed by atoms with Crippen LogP contribution in [-0.4, -0.2) is 32.0 Å². The molecule has 1 heterocycles. The van der Waals surface area contributed by atoms with Crippen LogP contribution in [0, 0.1) is 17.2 Å². The topological polar surface area (TPSA) is 70.0 Å². The minimum atomic E-state index is -2.85. The van der Waals surface area contributed by atoms with Crippen molar-refractivity contribution in [2.75, 3.05) is 11.5 Å². The molecule has 1 aliphatic heterocycles. The molecule has 1 rings (SSSR count). The Balaban J connectivity index is 2.44. The SMILES string of the molecule is CC(C)CC(C#N)NC1CCS(=O)(=O)C1. The van der Waals surface area contributed by atoms with E-state index >= 15 is 0 Å². The fourth-order valence-electron chi connectivity index (χ4n) is 1.84. The maximum atomic E-state index is 11.2. The van der Waals surface area contributed by atoms with E-state index in [1.54, 1.807) is 0 Å². The van der Waals surface area contributed by atoms with Gasteiger partial charge in [-0.15, -0.1) is 0 Å². The molecule has 4 nitrogen and oxygen atoms in total. The van der Waals surface area contributed by atoms with Crippen LogP contribution in [0.4, 0.5) is 0 Å². The molecule has 0 amide bonds. The van der Waals surface area contributed by atoms with E-state index in [1.165, 1.54) is 0 Å². The van der Waals surface area contributed by atoms with Gasteiger partial charge in [0.2, 0.25) is 0 Å². The molecule has 86 valence electrons. The molecular formula is C10H18N2O2S. The molecule has 0 aromatic rings. The molecule has 1 N–H and O–H groups in total. The van der Waals surface area contributed by atoms with Crippen LogP contribution in [0.1, 0.15) is 26.7 Å². The van der Waals surface area contributed by atoms with Gasteiger partial charge in [0.15, 0.2) is 9.84 Å². The van der Waals surface area contributed by atoms with Gasteiger partial charge in [-0.25, -0.2) is 8.42 Å². The van der Waals surface area contributed by atoms with Gasteiger partial charge in [-0.05, 0) is 18.8 Å². The molecule has 2 atom stereocenters. The average molecular weight is 230 g/mol. The van der Waals surface area contributed by atoms with Gasteiger partial charge in [0, 0.05) is 6.04 Å². The van der Waals surface area contributed by atoms with Crippen molar-refractivity contribution in [1.82, 2.24) is 5.32 Å². The number of nitrogens with one attached hydrogen (secondary N) is 1. The molecule has 0 aliphatic carbocycles. The summed E-state index contributed by atoms with van der Waals surface area (Å²) >= 11 is 0. The van der Waals surface area contributed by atoms with Crippen LogP contribution in [0.25, 0.3) is 0 Å². The maximum absolute atomic E-state index is 11.2. The van der Waals surface area contributed by atoms with Crippen LogP contribution >= 0.6 is 0 Å². The molecule has 0 radical (unpaired) electrons. The van der Waals surface area contributed by atoms with Crippen molar-refractivity contribution in [2.45, 2.75) is 38.8 Å². The van der Waals surface area contributed by atoms with Crippen LogP contribution in [0.3, 0.4) is 0 Å². The first-order valence-corrected chi connectivity index (χ1v) is 7.11. The number of sulfone groups is 1. The Bertz CT molecular complexity index is 343. The summed E-state index contributed by atoms with van der Waals surface area (Å²) in [6, 6.07) is 1.93. The van der Waals surface area contributed by atoms with Crippen LogP contribution in [0.15, 0.2) is 0 Å². The standard InChI is InChI=1S/C10H18N2O2S/c1-8(2)5-10(6-11)12-9-3-4-15(13,14)7-9/h8-10,12H,3-5,7H2,1-2H3. The maximum Gasteiger partial charge on any atom is 0.151 e. The lowest BCUT2D eigenvalue weighted by Gasteiger charge is -2.17. The third kappa shape index (κ3) is 4.18. The van der Waals surface area contributed by atoms with Gasteiger partial charge < -0.3 is 0 Å². The summed E-state index contributed by atoms with van der Waals surface area (Å²) in [5, 5.41) is 12.0. The Morgan fingerprint density at radius 1 is 1.53 bits per heavy atom. The second-order valence-corrected chi connectivity index (χ2v) is 6.81. The average Bonchev–Trinajstić information content (AvgIpc) is 2.43. The zero-order valence-corrected chi connectivity index (χ0v) is 10.0. The molecule has 15 heavy (non-hydrogen) atoms. The van der Waals surface area contributed by atoms with Crippen molar-refractivity contribution in [3.8, 4) is 6.07 Å². The summed E-state index contributed by atoms with van der Waals surface area (Å²) in [4.78, 5) is 0. The minimum absolute atomic E-state index is 0.0293. The van der Waals surface area contributed by atoms with Crippen LogP contribution < -0.4 is 5.32 Å². The van der Waals surface area contributed by atoms with Gasteiger partial charge in [0.1, 0.15) is 0 Å². The molecule has 5 heteroatoms. The Labute approximate surface area is 91.6 Å². The molecule has 0 saturated carbocycles. The van der Waals surface area contributed by atoms with Gasteiger partial charge in [-0.1, -0.05) is 13.8 Å². The van der Waals surface area contributed by atoms with Gasteiger partial charge in [0.25, 0.3) is 0 Å². The van der Waals surface area contributed by atoms with Crippen molar-refractivity contribution in [3.63, 3.8) is 0 Å². The van der Waals surface area contributed by atoms with Crippen molar-refractivity contribution >= 4 is 9.84 Å². The summed E-state index contributed by atoms with van der Waals surface area (Å²) in [6.07, 6.45) is 1.41. The molecular weight excluding hydrogens is 212 g/mol. The van der Waals surface area contributed by atoms with Crippen LogP contribution in [0.2, 0.25) is 0 Å². The highest BCUT2D eigenvalue weighted by Crippen LogP contribution is 2.13. The Morgan fingerprint density at radius 3 is 2.60 bits per heavy atom. The summed E-state index contributed by atoms with van der Waals surface area (Å²) in [6.45, 7) is 4.11. The van der Waals surface area contributed by atoms with E-state index < -0.39 is 9.84 Å². The molecule has 0 spiro atoms. The second-order valence-electron chi connectivity index (χ2n) is 4.58. The lowest BCUT2D eigenvalue weighted by atomic mass is 10.0. The third-order valence-corrected chi connectivity index (χ3v) is 4.30. The van der Waals surface area contributed by atoms with Crippen molar-refractivity contribution in [2.24, 2.45) is 5.92 Å². The van der Waals surface area contributed by atoms with E-state index in [4.69, 9.17) is 5.26 Å². The number of hydrogen-bond donors (Lipinski definition) is 1. The highest BCUT2D eigenvalue weighted by Gasteiger charge is 2.29. The van der Waals surface area contributed by atoms with Crippen LogP contribution in [0.5, 0.6) is 0 Å². The lowest BCUT2D eigenvalue weighted by molar-refractivity contribution is 0.437. The minimum Gasteiger partial charge on any atom is -0.298 e. The first-order chi connectivity index (χ1) is 6.93. The highest BCUT2D eigenvalue weighted by molar-refractivity contribution is 7.91. The first kappa shape index (κ1) is 12.5. The number of rotatable bonds is 4. The third-order valence-electron chi connectivity index (χ3n) is 2.53. The van der Waals surface area contributed by atoms with Gasteiger partial charge >= 0.3 is 0 Å². The Morgan fingerprint density at radius 2 is 2.20 bits per heavy atom. The van der Waals surface area contributed by atoms with E-state index in [0.29, 0.717) is 12.3 Å². The Kier molecular flexibility index (Phi) is 4.12. The zero-order chi connectivity index (χ0) is 11.5. The van der Waals surface area contributed by atoms with E-state index in [-0.39, 0.29) is 23.6 Å². The number of nitrogens with zero attached hydrogens (tertiary/aromatic N) is 1. The van der Waals surface area contributed by atoms with E-state index in [9.17, 15) is 8.42 Å². The predicted molar refractivity (Wildman–Crippen MR) is 59.1 cm³/mol. The van der Waals surface area contributed by atoms with Gasteiger partial charge in [-0.2, -0.15) is 5.26 Å². The van der Waals surface area contributed by atoms with E-state index in [2.05, 4.69) is 25.2 Å². The summed E-state index contributed by atoms with van der Waals surface area (Å²) in [5.41, 5.74) is 0. The molecule has 1 fully saturated rings. The zero-order valence-electron chi connectivity index (χ0n) is 9.23. The molecule has 1 saturated heterocycles. The summed E-state index contributed by atoms with van der Waals surface area (Å²) < 4.78 is 22.4. The Hall–Kier alpha value is -0.600. The molecule has 0 aromatic heterocycles. The van der Waals surface area contributed by atoms with Crippen molar-refractivity contribution in [3.05, 3.63) is 0 Å². The fourth-order valence-corrected chi connectivity index (χ4v) is 3.53. The first-order valence-electron chi connectivity index (χ1n) is 5.29. The smallest absolute Gasteiger partial charge is 0.151 e. The molecule has 2 unspecified atom stereocenters. The van der Waals surface area contributed by atoms with Crippen molar-refractivity contribution in [1.29, 1.82) is 5.26 Å². The largest absolute Gasteiger partial charge is 0.298 e. The van der Waals surface area contributed by atoms with Gasteiger partial charge in [0.05, 0.1) is 23.6 Å². The predicted octanol–water partition coefficient (Wildman–Crippen LogP) is 0.701. The number of hydrogen-bond acceptors (Lipinski definition) is 4. The summed E-state index contributed by atoms with van der Waals surface area (Å²) in [5.74, 6) is 0.883. The van der Waals surface area contributed by atoms with Gasteiger partial charge in [-0.3, -0.25) is 5.32 Å². The van der Waals surface area contributed by atoms with Crippen molar-refractivity contribution < 1.29 is 8.42 Å². The van der Waals surface area contributed by atoms with E-state index in [0.717, 1.165) is 6.42 Å². The lowest BCUT2D eigenvalue weighted by Crippen LogP contribution is -2.38. The second kappa shape index (κ2) is 4.95. The van der Waals surface area contributed by atoms with E-state index in [1.807, 2.05) is 0 Å². The van der Waals surface area contributed by atoms with Crippen LogP contribution in [-0.2, 0) is 9.84 Å². The monoisotopic (exact) mass is 230 g/mol. The highest BCUT2D eigenvalue weighted by atomic mass is 32.2. The molecule has 0 aromatic carbocycles. The normalized spacial score (nSPS) is 26.4. The fraction of sp³-hybridized carbons (Fsp3) is 0.900. The quantitative estimate of drug-likeness (QED) is 0.772. The molecule has 1 aliphatic rings. The molecule has 0 bridgehead atoms. The summed E-state index contributed by atoms with van der Waals surface area (Å²) in [7, 11) is -2.85. The number of nitriles is 1.